The molecule has 0 saturated carbocycles. The molecule has 2 aromatic rings. The maximum Gasteiger partial charge on any atom is 0.284 e. The van der Waals surface area contributed by atoms with Gasteiger partial charge in [-0.25, -0.2) is 18.1 Å². The molecule has 8 heteroatoms. The molecule has 0 aliphatic carbocycles. The zero-order valence-electron chi connectivity index (χ0n) is 12.5. The van der Waals surface area contributed by atoms with Gasteiger partial charge in [-0.15, -0.1) is 11.3 Å². The van der Waals surface area contributed by atoms with Gasteiger partial charge in [-0.2, -0.15) is 0 Å². The standard InChI is InChI=1S/C14H17N3O3S2/c1-4-17(11-8-6-5-7-9-11)14-15-12(10(2)21-14)13(18)16-22(3,19)20/h5-9H,4H2,1-3H3,(H,16,18). The highest BCUT2D eigenvalue weighted by atomic mass is 32.2. The molecule has 1 aromatic carbocycles. The van der Waals surface area contributed by atoms with Crippen molar-refractivity contribution in [3.8, 4) is 0 Å². The van der Waals surface area contributed by atoms with E-state index in [1.807, 2.05) is 46.9 Å². The molecule has 1 amide bonds. The van der Waals surface area contributed by atoms with Gasteiger partial charge in [0.05, 0.1) is 6.26 Å². The number of sulfonamides is 1. The topological polar surface area (TPSA) is 79.4 Å². The van der Waals surface area contributed by atoms with E-state index in [1.165, 1.54) is 11.3 Å². The van der Waals surface area contributed by atoms with Crippen molar-refractivity contribution in [1.29, 1.82) is 0 Å². The minimum atomic E-state index is -3.61. The first-order chi connectivity index (χ1) is 10.3. The number of hydrogen-bond donors (Lipinski definition) is 1. The molecule has 0 aliphatic heterocycles. The Morgan fingerprint density at radius 3 is 2.50 bits per heavy atom. The largest absolute Gasteiger partial charge is 0.318 e. The first-order valence-electron chi connectivity index (χ1n) is 6.64. The van der Waals surface area contributed by atoms with Crippen LogP contribution in [-0.2, 0) is 10.0 Å². The van der Waals surface area contributed by atoms with Crippen LogP contribution in [0.4, 0.5) is 10.8 Å². The molecule has 118 valence electrons. The highest BCUT2D eigenvalue weighted by Crippen LogP contribution is 2.31. The first kappa shape index (κ1) is 16.4. The number of aromatic nitrogens is 1. The van der Waals surface area contributed by atoms with Gasteiger partial charge in [-0.1, -0.05) is 18.2 Å². The highest BCUT2D eigenvalue weighted by Gasteiger charge is 2.21. The summed E-state index contributed by atoms with van der Waals surface area (Å²) in [6.45, 7) is 4.42. The van der Waals surface area contributed by atoms with Gasteiger partial charge in [0.25, 0.3) is 5.91 Å². The van der Waals surface area contributed by atoms with Crippen LogP contribution in [0, 0.1) is 6.92 Å². The fourth-order valence-corrected chi connectivity index (χ4v) is 3.39. The van der Waals surface area contributed by atoms with Gasteiger partial charge in [0.15, 0.2) is 5.13 Å². The Morgan fingerprint density at radius 1 is 1.32 bits per heavy atom. The minimum absolute atomic E-state index is 0.139. The second kappa shape index (κ2) is 6.45. The summed E-state index contributed by atoms with van der Waals surface area (Å²) in [5.74, 6) is -0.702. The number of rotatable bonds is 5. The van der Waals surface area contributed by atoms with E-state index in [0.717, 1.165) is 11.9 Å². The molecular formula is C14H17N3O3S2. The van der Waals surface area contributed by atoms with Crippen LogP contribution in [0.15, 0.2) is 30.3 Å². The molecule has 1 N–H and O–H groups in total. The van der Waals surface area contributed by atoms with Crippen LogP contribution >= 0.6 is 11.3 Å². The molecule has 22 heavy (non-hydrogen) atoms. The number of nitrogens with one attached hydrogen (secondary N) is 1. The lowest BCUT2D eigenvalue weighted by Gasteiger charge is -2.19. The molecule has 0 spiro atoms. The number of amides is 1. The van der Waals surface area contributed by atoms with E-state index in [9.17, 15) is 13.2 Å². The summed E-state index contributed by atoms with van der Waals surface area (Å²) in [7, 11) is -3.61. The maximum absolute atomic E-state index is 12.0. The van der Waals surface area contributed by atoms with Crippen LogP contribution < -0.4 is 9.62 Å². The van der Waals surface area contributed by atoms with Gasteiger partial charge >= 0.3 is 0 Å². The van der Waals surface area contributed by atoms with E-state index >= 15 is 0 Å². The van der Waals surface area contributed by atoms with Crippen LogP contribution in [0.25, 0.3) is 0 Å². The molecule has 2 rings (SSSR count). The van der Waals surface area contributed by atoms with Crippen LogP contribution in [-0.4, -0.2) is 32.1 Å². The Kier molecular flexibility index (Phi) is 4.82. The third-order valence-electron chi connectivity index (χ3n) is 2.89. The molecule has 0 aliphatic rings. The summed E-state index contributed by atoms with van der Waals surface area (Å²) in [6, 6.07) is 9.69. The average Bonchev–Trinajstić information content (AvgIpc) is 2.81. The van der Waals surface area contributed by atoms with Crippen molar-refractivity contribution in [2.24, 2.45) is 0 Å². The van der Waals surface area contributed by atoms with Gasteiger partial charge < -0.3 is 4.90 Å². The number of carbonyl (C=O) groups excluding carboxylic acids is 1. The third kappa shape index (κ3) is 3.83. The number of aryl methyl sites for hydroxylation is 1. The second-order valence-corrected chi connectivity index (χ2v) is 7.61. The van der Waals surface area contributed by atoms with Crippen LogP contribution in [0.1, 0.15) is 22.3 Å². The van der Waals surface area contributed by atoms with Gasteiger partial charge in [-0.05, 0) is 26.0 Å². The summed E-state index contributed by atoms with van der Waals surface area (Å²) in [5.41, 5.74) is 1.11. The molecule has 0 atom stereocenters. The molecule has 0 bridgehead atoms. The number of hydrogen-bond acceptors (Lipinski definition) is 6. The number of thiazole rings is 1. The van der Waals surface area contributed by atoms with Crippen molar-refractivity contribution < 1.29 is 13.2 Å². The lowest BCUT2D eigenvalue weighted by atomic mass is 10.3. The van der Waals surface area contributed by atoms with E-state index in [4.69, 9.17) is 0 Å². The number of nitrogens with zero attached hydrogens (tertiary/aromatic N) is 2. The summed E-state index contributed by atoms with van der Waals surface area (Å²) >= 11 is 1.36. The van der Waals surface area contributed by atoms with Crippen molar-refractivity contribution in [1.82, 2.24) is 9.71 Å². The molecule has 1 heterocycles. The monoisotopic (exact) mass is 339 g/mol. The zero-order chi connectivity index (χ0) is 16.3. The summed E-state index contributed by atoms with van der Waals surface area (Å²) in [4.78, 5) is 18.9. The SMILES string of the molecule is CCN(c1ccccc1)c1nc(C(=O)NS(C)(=O)=O)c(C)s1. The van der Waals surface area contributed by atoms with E-state index in [0.29, 0.717) is 16.6 Å². The zero-order valence-corrected chi connectivity index (χ0v) is 14.2. The van der Waals surface area contributed by atoms with Crippen LogP contribution in [0.2, 0.25) is 0 Å². The van der Waals surface area contributed by atoms with Crippen molar-refractivity contribution in [2.75, 3.05) is 17.7 Å². The summed E-state index contributed by atoms with van der Waals surface area (Å²) in [5, 5.41) is 0.657. The van der Waals surface area contributed by atoms with E-state index < -0.39 is 15.9 Å². The van der Waals surface area contributed by atoms with Gasteiger partial charge in [-0.3, -0.25) is 4.79 Å². The average molecular weight is 339 g/mol. The van der Waals surface area contributed by atoms with Gasteiger partial charge in [0.1, 0.15) is 5.69 Å². The highest BCUT2D eigenvalue weighted by molar-refractivity contribution is 7.89. The van der Waals surface area contributed by atoms with Crippen molar-refractivity contribution >= 4 is 38.1 Å². The summed E-state index contributed by atoms with van der Waals surface area (Å²) < 4.78 is 24.3. The Morgan fingerprint density at radius 2 is 1.95 bits per heavy atom. The minimum Gasteiger partial charge on any atom is -0.318 e. The summed E-state index contributed by atoms with van der Waals surface area (Å²) in [6.07, 6.45) is 0.940. The van der Waals surface area contributed by atoms with E-state index in [-0.39, 0.29) is 5.69 Å². The number of para-hydroxylation sites is 1. The predicted octanol–water partition coefficient (Wildman–Crippen LogP) is 2.30. The molecular weight excluding hydrogens is 322 g/mol. The predicted molar refractivity (Wildman–Crippen MR) is 88.3 cm³/mol. The fourth-order valence-electron chi connectivity index (χ4n) is 1.96. The van der Waals surface area contributed by atoms with Gasteiger partial charge in [0.2, 0.25) is 10.0 Å². The lowest BCUT2D eigenvalue weighted by molar-refractivity contribution is 0.0977. The Bertz CT molecular complexity index is 770. The number of carbonyl (C=O) groups is 1. The fraction of sp³-hybridized carbons (Fsp3) is 0.286. The van der Waals surface area contributed by atoms with Gasteiger partial charge in [0, 0.05) is 17.1 Å². The molecule has 6 nitrogen and oxygen atoms in total. The smallest absolute Gasteiger partial charge is 0.284 e. The third-order valence-corrected chi connectivity index (χ3v) is 4.44. The lowest BCUT2D eigenvalue weighted by Crippen LogP contribution is -2.30. The first-order valence-corrected chi connectivity index (χ1v) is 9.34. The quantitative estimate of drug-likeness (QED) is 0.904. The molecule has 0 fully saturated rings. The Labute approximate surface area is 133 Å². The number of anilines is 2. The molecule has 1 aromatic heterocycles. The molecule has 0 radical (unpaired) electrons. The van der Waals surface area contributed by atoms with Crippen molar-refractivity contribution in [2.45, 2.75) is 13.8 Å². The second-order valence-electron chi connectivity index (χ2n) is 4.68. The van der Waals surface area contributed by atoms with Crippen molar-refractivity contribution in [3.05, 3.63) is 40.9 Å². The maximum atomic E-state index is 12.0. The molecule has 0 saturated heterocycles. The van der Waals surface area contributed by atoms with E-state index in [1.54, 1.807) is 6.92 Å². The Balaban J connectivity index is 2.34. The van der Waals surface area contributed by atoms with Crippen LogP contribution in [0.5, 0.6) is 0 Å². The van der Waals surface area contributed by atoms with Crippen molar-refractivity contribution in [3.63, 3.8) is 0 Å². The Hall–Kier alpha value is -1.93. The normalized spacial score (nSPS) is 11.2. The number of benzene rings is 1. The van der Waals surface area contributed by atoms with Crippen LogP contribution in [0.3, 0.4) is 0 Å². The molecule has 0 unspecified atom stereocenters. The van der Waals surface area contributed by atoms with E-state index in [2.05, 4.69) is 4.98 Å².